The monoisotopic (exact) mass is 507 g/mol. The van der Waals surface area contributed by atoms with Crippen LogP contribution in [0.15, 0.2) is 4.99 Å². The quantitative estimate of drug-likeness (QED) is 0.329. The van der Waals surface area contributed by atoms with Crippen molar-refractivity contribution in [3.05, 3.63) is 0 Å². The normalized spacial score (nSPS) is 27.1. The van der Waals surface area contributed by atoms with Crippen LogP contribution in [-0.4, -0.2) is 87.4 Å². The summed E-state index contributed by atoms with van der Waals surface area (Å²) in [6.45, 7) is 11.3. The molecule has 1 unspecified atom stereocenters. The SMILES string of the molecule is CCNC(=NCC1(N2CCOCC2)CCCCC1)NCC1CCCN(C)C1.I. The van der Waals surface area contributed by atoms with E-state index in [9.17, 15) is 0 Å². The Kier molecular flexibility index (Phi) is 10.8. The highest BCUT2D eigenvalue weighted by Crippen LogP contribution is 2.34. The lowest BCUT2D eigenvalue weighted by Gasteiger charge is -2.47. The number of ether oxygens (including phenoxy) is 1. The van der Waals surface area contributed by atoms with Gasteiger partial charge in [0.15, 0.2) is 5.96 Å². The Labute approximate surface area is 189 Å². The first-order valence-corrected chi connectivity index (χ1v) is 11.3. The standard InChI is InChI=1S/C21H41N5O.HI/c1-3-22-20(23-16-19-8-7-11-25(2)17-19)24-18-21(9-5-4-6-10-21)26-12-14-27-15-13-26;/h19H,3-18H2,1-2H3,(H2,22,23,24);1H. The van der Waals surface area contributed by atoms with Gasteiger partial charge in [0.25, 0.3) is 0 Å². The number of halogens is 1. The lowest BCUT2D eigenvalue weighted by molar-refractivity contribution is -0.0333. The highest BCUT2D eigenvalue weighted by molar-refractivity contribution is 14.0. The largest absolute Gasteiger partial charge is 0.379 e. The van der Waals surface area contributed by atoms with Crippen molar-refractivity contribution in [2.45, 2.75) is 57.4 Å². The van der Waals surface area contributed by atoms with E-state index in [1.807, 2.05) is 0 Å². The van der Waals surface area contributed by atoms with Gasteiger partial charge in [-0.3, -0.25) is 9.89 Å². The van der Waals surface area contributed by atoms with E-state index in [0.29, 0.717) is 0 Å². The minimum atomic E-state index is 0. The zero-order chi connectivity index (χ0) is 19.0. The second kappa shape index (κ2) is 12.5. The lowest BCUT2D eigenvalue weighted by atomic mass is 9.80. The highest BCUT2D eigenvalue weighted by Gasteiger charge is 2.38. The maximum absolute atomic E-state index is 5.61. The van der Waals surface area contributed by atoms with Crippen LogP contribution in [0.2, 0.25) is 0 Å². The first kappa shape index (κ1) is 24.2. The number of guanidine groups is 1. The third-order valence-electron chi connectivity index (χ3n) is 6.62. The molecule has 0 aromatic heterocycles. The molecule has 2 saturated heterocycles. The molecule has 1 aliphatic carbocycles. The topological polar surface area (TPSA) is 52.1 Å². The fourth-order valence-electron chi connectivity index (χ4n) is 5.07. The van der Waals surface area contributed by atoms with Crippen molar-refractivity contribution in [3.63, 3.8) is 0 Å². The summed E-state index contributed by atoms with van der Waals surface area (Å²) in [7, 11) is 2.24. The van der Waals surface area contributed by atoms with Crippen molar-refractivity contribution < 1.29 is 4.74 Å². The van der Waals surface area contributed by atoms with Gasteiger partial charge in [0.1, 0.15) is 0 Å². The van der Waals surface area contributed by atoms with E-state index in [4.69, 9.17) is 9.73 Å². The van der Waals surface area contributed by atoms with Crippen LogP contribution in [0.1, 0.15) is 51.9 Å². The number of aliphatic imine (C=N–C) groups is 1. The fourth-order valence-corrected chi connectivity index (χ4v) is 5.07. The van der Waals surface area contributed by atoms with Gasteiger partial charge in [-0.05, 0) is 52.1 Å². The van der Waals surface area contributed by atoms with E-state index < -0.39 is 0 Å². The molecule has 28 heavy (non-hydrogen) atoms. The van der Waals surface area contributed by atoms with Gasteiger partial charge in [-0.1, -0.05) is 19.3 Å². The molecule has 3 fully saturated rings. The smallest absolute Gasteiger partial charge is 0.191 e. The van der Waals surface area contributed by atoms with Gasteiger partial charge in [-0.25, -0.2) is 0 Å². The van der Waals surface area contributed by atoms with Crippen LogP contribution in [0.3, 0.4) is 0 Å². The molecule has 164 valence electrons. The van der Waals surface area contributed by atoms with Gasteiger partial charge in [0.2, 0.25) is 0 Å². The van der Waals surface area contributed by atoms with Crippen LogP contribution in [0, 0.1) is 5.92 Å². The molecule has 2 aliphatic heterocycles. The molecule has 0 bridgehead atoms. The number of piperidine rings is 1. The Morgan fingerprint density at radius 3 is 2.50 bits per heavy atom. The number of rotatable bonds is 6. The summed E-state index contributed by atoms with van der Waals surface area (Å²) in [5.41, 5.74) is 0.245. The summed E-state index contributed by atoms with van der Waals surface area (Å²) in [4.78, 5) is 10.2. The van der Waals surface area contributed by atoms with E-state index in [-0.39, 0.29) is 29.5 Å². The predicted molar refractivity (Wildman–Crippen MR) is 128 cm³/mol. The molecule has 0 aromatic carbocycles. The van der Waals surface area contributed by atoms with Crippen molar-refractivity contribution >= 4 is 29.9 Å². The molecule has 7 heteroatoms. The molecule has 3 aliphatic rings. The molecule has 1 atom stereocenters. The van der Waals surface area contributed by atoms with Crippen LogP contribution < -0.4 is 10.6 Å². The van der Waals surface area contributed by atoms with Crippen molar-refractivity contribution in [1.29, 1.82) is 0 Å². The molecular formula is C21H42IN5O. The van der Waals surface area contributed by atoms with Gasteiger partial charge in [-0.15, -0.1) is 24.0 Å². The van der Waals surface area contributed by atoms with Crippen LogP contribution in [0.4, 0.5) is 0 Å². The second-order valence-corrected chi connectivity index (χ2v) is 8.73. The summed E-state index contributed by atoms with van der Waals surface area (Å²) in [5.74, 6) is 1.74. The van der Waals surface area contributed by atoms with Crippen molar-refractivity contribution in [2.75, 3.05) is 66.1 Å². The van der Waals surface area contributed by atoms with Crippen LogP contribution in [0.5, 0.6) is 0 Å². The predicted octanol–water partition coefficient (Wildman–Crippen LogP) is 2.54. The average molecular weight is 508 g/mol. The zero-order valence-electron chi connectivity index (χ0n) is 18.0. The second-order valence-electron chi connectivity index (χ2n) is 8.73. The minimum Gasteiger partial charge on any atom is -0.379 e. The molecule has 1 saturated carbocycles. The number of nitrogens with zero attached hydrogens (tertiary/aromatic N) is 3. The molecule has 2 N–H and O–H groups in total. The summed E-state index contributed by atoms with van der Waals surface area (Å²) in [6, 6.07) is 0. The molecule has 2 heterocycles. The van der Waals surface area contributed by atoms with Gasteiger partial charge in [0.05, 0.1) is 19.8 Å². The first-order valence-electron chi connectivity index (χ1n) is 11.3. The van der Waals surface area contributed by atoms with Crippen molar-refractivity contribution in [2.24, 2.45) is 10.9 Å². The van der Waals surface area contributed by atoms with Crippen LogP contribution in [0.25, 0.3) is 0 Å². The maximum Gasteiger partial charge on any atom is 0.191 e. The van der Waals surface area contributed by atoms with Gasteiger partial charge in [0, 0.05) is 38.3 Å². The number of hydrogen-bond donors (Lipinski definition) is 2. The summed E-state index contributed by atoms with van der Waals surface area (Å²) < 4.78 is 5.61. The Morgan fingerprint density at radius 2 is 1.82 bits per heavy atom. The average Bonchev–Trinajstić information content (AvgIpc) is 2.71. The fraction of sp³-hybridized carbons (Fsp3) is 0.952. The summed E-state index contributed by atoms with van der Waals surface area (Å²) in [6.07, 6.45) is 9.26. The van der Waals surface area contributed by atoms with Gasteiger partial charge in [-0.2, -0.15) is 0 Å². The molecule has 0 radical (unpaired) electrons. The maximum atomic E-state index is 5.61. The van der Waals surface area contributed by atoms with E-state index >= 15 is 0 Å². The molecule has 0 aromatic rings. The number of likely N-dealkylation sites (tertiary alicyclic amines) is 1. The van der Waals surface area contributed by atoms with Gasteiger partial charge < -0.3 is 20.3 Å². The molecule has 6 nitrogen and oxygen atoms in total. The van der Waals surface area contributed by atoms with Gasteiger partial charge >= 0.3 is 0 Å². The van der Waals surface area contributed by atoms with Crippen molar-refractivity contribution in [1.82, 2.24) is 20.4 Å². The first-order chi connectivity index (χ1) is 13.2. The Bertz CT molecular complexity index is 464. The minimum absolute atomic E-state index is 0. The van der Waals surface area contributed by atoms with Crippen molar-refractivity contribution in [3.8, 4) is 0 Å². The van der Waals surface area contributed by atoms with E-state index in [1.165, 1.54) is 58.0 Å². The van der Waals surface area contributed by atoms with Crippen LogP contribution in [-0.2, 0) is 4.74 Å². The Balaban J connectivity index is 0.00000280. The molecule has 0 amide bonds. The third-order valence-corrected chi connectivity index (χ3v) is 6.62. The van der Waals surface area contributed by atoms with E-state index in [2.05, 4.69) is 34.4 Å². The molecule has 3 rings (SSSR count). The number of nitrogens with one attached hydrogen (secondary N) is 2. The number of hydrogen-bond acceptors (Lipinski definition) is 4. The molecular weight excluding hydrogens is 465 g/mol. The Hall–Kier alpha value is -0.120. The lowest BCUT2D eigenvalue weighted by Crippen LogP contribution is -2.56. The van der Waals surface area contributed by atoms with Crippen LogP contribution >= 0.6 is 24.0 Å². The summed E-state index contributed by atoms with van der Waals surface area (Å²) >= 11 is 0. The third kappa shape index (κ3) is 6.99. The van der Waals surface area contributed by atoms with E-state index in [1.54, 1.807) is 0 Å². The molecule has 0 spiro atoms. The highest BCUT2D eigenvalue weighted by atomic mass is 127. The van der Waals surface area contributed by atoms with E-state index in [0.717, 1.165) is 57.8 Å². The summed E-state index contributed by atoms with van der Waals surface area (Å²) in [5, 5.41) is 7.11. The zero-order valence-corrected chi connectivity index (χ0v) is 20.4. The number of morpholine rings is 1. The Morgan fingerprint density at radius 1 is 1.07 bits per heavy atom.